The van der Waals surface area contributed by atoms with Gasteiger partial charge in [0, 0.05) is 43.6 Å². The largest absolute Gasteiger partial charge is 0.352 e. The zero-order valence-corrected chi connectivity index (χ0v) is 17.1. The Morgan fingerprint density at radius 1 is 1.24 bits per heavy atom. The van der Waals surface area contributed by atoms with E-state index in [0.717, 1.165) is 37.1 Å². The average molecular weight is 396 g/mol. The SMILES string of the molecule is CCC(C)C(=O)Nc1cccc(CNC(=O)C2CCCN(c3ncccn3)C2)c1. The molecule has 1 saturated heterocycles. The van der Waals surface area contributed by atoms with Gasteiger partial charge in [0.2, 0.25) is 17.8 Å². The Bertz CT molecular complexity index is 827. The Labute approximate surface area is 171 Å². The van der Waals surface area contributed by atoms with E-state index in [-0.39, 0.29) is 23.7 Å². The lowest BCUT2D eigenvalue weighted by atomic mass is 9.97. The number of rotatable bonds is 7. The first-order valence-electron chi connectivity index (χ1n) is 10.3. The molecule has 7 heteroatoms. The summed E-state index contributed by atoms with van der Waals surface area (Å²) in [6, 6.07) is 9.40. The molecule has 1 aliphatic rings. The van der Waals surface area contributed by atoms with Crippen LogP contribution >= 0.6 is 0 Å². The molecule has 0 bridgehead atoms. The molecule has 0 saturated carbocycles. The van der Waals surface area contributed by atoms with Gasteiger partial charge >= 0.3 is 0 Å². The number of piperidine rings is 1. The number of aromatic nitrogens is 2. The normalized spacial score (nSPS) is 17.4. The number of carbonyl (C=O) groups is 2. The van der Waals surface area contributed by atoms with E-state index in [1.54, 1.807) is 18.5 Å². The van der Waals surface area contributed by atoms with Crippen LogP contribution in [0.3, 0.4) is 0 Å². The lowest BCUT2D eigenvalue weighted by Gasteiger charge is -2.31. The van der Waals surface area contributed by atoms with E-state index in [2.05, 4.69) is 25.5 Å². The van der Waals surface area contributed by atoms with Gasteiger partial charge in [-0.2, -0.15) is 0 Å². The summed E-state index contributed by atoms with van der Waals surface area (Å²) in [5, 5.41) is 5.97. The van der Waals surface area contributed by atoms with Gasteiger partial charge in [-0.1, -0.05) is 26.0 Å². The van der Waals surface area contributed by atoms with E-state index in [1.165, 1.54) is 0 Å². The Morgan fingerprint density at radius 2 is 2.03 bits per heavy atom. The van der Waals surface area contributed by atoms with Gasteiger partial charge in [-0.25, -0.2) is 9.97 Å². The molecule has 3 rings (SSSR count). The van der Waals surface area contributed by atoms with Crippen molar-refractivity contribution in [3.63, 3.8) is 0 Å². The third-order valence-corrected chi connectivity index (χ3v) is 5.35. The van der Waals surface area contributed by atoms with Crippen molar-refractivity contribution in [2.75, 3.05) is 23.3 Å². The minimum absolute atomic E-state index is 0.0131. The van der Waals surface area contributed by atoms with Crippen LogP contribution in [0.1, 0.15) is 38.7 Å². The fraction of sp³-hybridized carbons (Fsp3) is 0.455. The summed E-state index contributed by atoms with van der Waals surface area (Å²) in [6.07, 6.45) is 6.04. The second-order valence-electron chi connectivity index (χ2n) is 7.55. The van der Waals surface area contributed by atoms with Crippen molar-refractivity contribution in [3.05, 3.63) is 48.3 Å². The monoisotopic (exact) mass is 395 g/mol. The first-order chi connectivity index (χ1) is 14.1. The maximum absolute atomic E-state index is 12.7. The number of amides is 2. The molecule has 2 atom stereocenters. The summed E-state index contributed by atoms with van der Waals surface area (Å²) < 4.78 is 0. The molecule has 0 spiro atoms. The smallest absolute Gasteiger partial charge is 0.227 e. The summed E-state index contributed by atoms with van der Waals surface area (Å²) in [5.41, 5.74) is 1.71. The van der Waals surface area contributed by atoms with Crippen LogP contribution in [0.4, 0.5) is 11.6 Å². The molecule has 2 heterocycles. The van der Waals surface area contributed by atoms with Crippen LogP contribution in [0.25, 0.3) is 0 Å². The van der Waals surface area contributed by atoms with Crippen LogP contribution in [-0.4, -0.2) is 34.9 Å². The van der Waals surface area contributed by atoms with Crippen molar-refractivity contribution in [1.82, 2.24) is 15.3 Å². The third-order valence-electron chi connectivity index (χ3n) is 5.35. The van der Waals surface area contributed by atoms with Gasteiger partial charge in [0.25, 0.3) is 0 Å². The fourth-order valence-electron chi connectivity index (χ4n) is 3.37. The zero-order chi connectivity index (χ0) is 20.6. The highest BCUT2D eigenvalue weighted by molar-refractivity contribution is 5.92. The highest BCUT2D eigenvalue weighted by Gasteiger charge is 2.26. The van der Waals surface area contributed by atoms with E-state index in [4.69, 9.17) is 0 Å². The predicted molar refractivity (Wildman–Crippen MR) is 113 cm³/mol. The van der Waals surface area contributed by atoms with E-state index in [1.807, 2.05) is 38.1 Å². The van der Waals surface area contributed by atoms with Gasteiger partial charge in [0.15, 0.2) is 0 Å². The van der Waals surface area contributed by atoms with Crippen molar-refractivity contribution < 1.29 is 9.59 Å². The molecule has 2 N–H and O–H groups in total. The van der Waals surface area contributed by atoms with Crippen molar-refractivity contribution in [1.29, 1.82) is 0 Å². The number of anilines is 2. The molecule has 0 aliphatic carbocycles. The Balaban J connectivity index is 1.54. The van der Waals surface area contributed by atoms with Crippen LogP contribution in [0.2, 0.25) is 0 Å². The van der Waals surface area contributed by atoms with Crippen molar-refractivity contribution in [2.45, 2.75) is 39.7 Å². The molecule has 1 fully saturated rings. The van der Waals surface area contributed by atoms with E-state index < -0.39 is 0 Å². The Morgan fingerprint density at radius 3 is 2.79 bits per heavy atom. The molecule has 2 aromatic rings. The number of carbonyl (C=O) groups excluding carboxylic acids is 2. The quantitative estimate of drug-likeness (QED) is 0.753. The van der Waals surface area contributed by atoms with Crippen molar-refractivity contribution >= 4 is 23.5 Å². The number of hydrogen-bond donors (Lipinski definition) is 2. The lowest BCUT2D eigenvalue weighted by molar-refractivity contribution is -0.125. The van der Waals surface area contributed by atoms with Gasteiger partial charge in [-0.3, -0.25) is 9.59 Å². The topological polar surface area (TPSA) is 87.2 Å². The van der Waals surface area contributed by atoms with Crippen molar-refractivity contribution in [3.8, 4) is 0 Å². The number of nitrogens with one attached hydrogen (secondary N) is 2. The molecule has 1 aromatic carbocycles. The Kier molecular flexibility index (Phi) is 7.16. The molecule has 29 heavy (non-hydrogen) atoms. The first kappa shape index (κ1) is 20.8. The molecule has 2 unspecified atom stereocenters. The van der Waals surface area contributed by atoms with Crippen LogP contribution in [0, 0.1) is 11.8 Å². The molecule has 1 aliphatic heterocycles. The molecule has 0 radical (unpaired) electrons. The zero-order valence-electron chi connectivity index (χ0n) is 17.1. The fourth-order valence-corrected chi connectivity index (χ4v) is 3.37. The van der Waals surface area contributed by atoms with Gasteiger partial charge in [-0.15, -0.1) is 0 Å². The number of hydrogen-bond acceptors (Lipinski definition) is 5. The van der Waals surface area contributed by atoms with Gasteiger partial charge < -0.3 is 15.5 Å². The predicted octanol–water partition coefficient (Wildman–Crippen LogP) is 2.99. The second kappa shape index (κ2) is 10.0. The minimum atomic E-state index is -0.0826. The molecule has 154 valence electrons. The lowest BCUT2D eigenvalue weighted by Crippen LogP contribution is -2.43. The highest BCUT2D eigenvalue weighted by atomic mass is 16.2. The maximum Gasteiger partial charge on any atom is 0.227 e. The van der Waals surface area contributed by atoms with E-state index in [0.29, 0.717) is 19.0 Å². The maximum atomic E-state index is 12.7. The molecule has 1 aromatic heterocycles. The summed E-state index contributed by atoms with van der Waals surface area (Å²) in [7, 11) is 0. The standard InChI is InChI=1S/C22H29N5O2/c1-3-16(2)20(28)26-19-9-4-7-17(13-19)14-25-21(29)18-8-5-12-27(15-18)22-23-10-6-11-24-22/h4,6-7,9-11,13,16,18H,3,5,8,12,14-15H2,1-2H3,(H,25,29)(H,26,28). The molecular formula is C22H29N5O2. The molecule has 2 amide bonds. The van der Waals surface area contributed by atoms with Crippen LogP contribution in [-0.2, 0) is 16.1 Å². The van der Waals surface area contributed by atoms with Crippen LogP contribution in [0.5, 0.6) is 0 Å². The average Bonchev–Trinajstić information content (AvgIpc) is 2.77. The van der Waals surface area contributed by atoms with Crippen LogP contribution in [0.15, 0.2) is 42.7 Å². The van der Waals surface area contributed by atoms with Gasteiger partial charge in [-0.05, 0) is 43.0 Å². The van der Waals surface area contributed by atoms with Crippen molar-refractivity contribution in [2.24, 2.45) is 11.8 Å². The Hall–Kier alpha value is -2.96. The number of nitrogens with zero attached hydrogens (tertiary/aromatic N) is 3. The summed E-state index contributed by atoms with van der Waals surface area (Å²) >= 11 is 0. The minimum Gasteiger partial charge on any atom is -0.352 e. The van der Waals surface area contributed by atoms with E-state index in [9.17, 15) is 9.59 Å². The van der Waals surface area contributed by atoms with Gasteiger partial charge in [0.1, 0.15) is 0 Å². The third kappa shape index (κ3) is 5.76. The molecular weight excluding hydrogens is 366 g/mol. The summed E-state index contributed by atoms with van der Waals surface area (Å²) in [5.74, 6) is 0.621. The number of benzene rings is 1. The van der Waals surface area contributed by atoms with E-state index >= 15 is 0 Å². The van der Waals surface area contributed by atoms with Gasteiger partial charge in [0.05, 0.1) is 5.92 Å². The summed E-state index contributed by atoms with van der Waals surface area (Å²) in [4.78, 5) is 35.4. The first-order valence-corrected chi connectivity index (χ1v) is 10.3. The molecule has 7 nitrogen and oxygen atoms in total. The summed E-state index contributed by atoms with van der Waals surface area (Å²) in [6.45, 7) is 5.83. The second-order valence-corrected chi connectivity index (χ2v) is 7.55. The highest BCUT2D eigenvalue weighted by Crippen LogP contribution is 2.20. The van der Waals surface area contributed by atoms with Crippen LogP contribution < -0.4 is 15.5 Å².